The van der Waals surface area contributed by atoms with E-state index in [1.165, 1.54) is 7.11 Å². The second kappa shape index (κ2) is 2.97. The van der Waals surface area contributed by atoms with Gasteiger partial charge in [0.25, 0.3) is 0 Å². The minimum atomic E-state index is -3.31. The maximum absolute atomic E-state index is 10.7. The van der Waals surface area contributed by atoms with E-state index in [-0.39, 0.29) is 12.0 Å². The van der Waals surface area contributed by atoms with Crippen LogP contribution in [0.5, 0.6) is 6.01 Å². The Hall–Kier alpha value is -1.31. The average molecular weight is 192 g/mol. The van der Waals surface area contributed by atoms with Crippen LogP contribution in [0.2, 0.25) is 0 Å². The highest BCUT2D eigenvalue weighted by molar-refractivity contribution is 7.91. The summed E-state index contributed by atoms with van der Waals surface area (Å²) in [5, 5.41) is 5.87. The van der Waals surface area contributed by atoms with Crippen LogP contribution in [0.25, 0.3) is 0 Å². The van der Waals surface area contributed by atoms with Crippen molar-refractivity contribution in [2.75, 3.05) is 18.1 Å². The molecule has 0 spiro atoms. The Labute approximate surface area is 69.2 Å². The van der Waals surface area contributed by atoms with Crippen LogP contribution in [0.15, 0.2) is 0 Å². The third kappa shape index (κ3) is 2.38. The Morgan fingerprint density at radius 3 is 2.67 bits per heavy atom. The first-order valence-electron chi connectivity index (χ1n) is 2.95. The summed E-state index contributed by atoms with van der Waals surface area (Å²) in [6, 6.07) is 0.0844. The summed E-state index contributed by atoms with van der Waals surface area (Å²) >= 11 is 0. The molecule has 2 N–H and O–H groups in total. The molecule has 1 aromatic rings. The van der Waals surface area contributed by atoms with Crippen molar-refractivity contribution in [1.82, 2.24) is 15.2 Å². The van der Waals surface area contributed by atoms with Crippen molar-refractivity contribution in [2.24, 2.45) is 0 Å². The quantitative estimate of drug-likeness (QED) is 0.652. The first-order valence-corrected chi connectivity index (χ1v) is 4.84. The Morgan fingerprint density at radius 2 is 2.25 bits per heavy atom. The van der Waals surface area contributed by atoms with Gasteiger partial charge in [0.05, 0.1) is 13.4 Å². The molecule has 1 rings (SSSR count). The highest BCUT2D eigenvalue weighted by Gasteiger charge is 2.06. The Kier molecular flexibility index (Phi) is 2.18. The largest absolute Gasteiger partial charge is 0.466 e. The van der Waals surface area contributed by atoms with Crippen LogP contribution in [0.1, 0.15) is 0 Å². The Balaban J connectivity index is 2.78. The van der Waals surface area contributed by atoms with Crippen molar-refractivity contribution in [2.45, 2.75) is 0 Å². The van der Waals surface area contributed by atoms with Gasteiger partial charge in [0.1, 0.15) is 0 Å². The van der Waals surface area contributed by atoms with Gasteiger partial charge in [0.15, 0.2) is 0 Å². The molecule has 0 bridgehead atoms. The predicted octanol–water partition coefficient (Wildman–Crippen LogP) is -0.815. The lowest BCUT2D eigenvalue weighted by Gasteiger charge is -1.95. The van der Waals surface area contributed by atoms with Gasteiger partial charge in [-0.2, -0.15) is 4.98 Å². The van der Waals surface area contributed by atoms with Crippen LogP contribution < -0.4 is 9.46 Å². The maximum Gasteiger partial charge on any atom is 0.336 e. The molecule has 0 unspecified atom stereocenters. The lowest BCUT2D eigenvalue weighted by molar-refractivity contribution is 0.382. The van der Waals surface area contributed by atoms with Crippen LogP contribution >= 0.6 is 0 Å². The SMILES string of the molecule is COc1n[nH]c(NS(C)(=O)=O)n1. The molecule has 0 atom stereocenters. The zero-order valence-corrected chi connectivity index (χ0v) is 7.34. The summed E-state index contributed by atoms with van der Waals surface area (Å²) in [5.41, 5.74) is 0. The number of rotatable bonds is 3. The van der Waals surface area contributed by atoms with E-state index in [2.05, 4.69) is 24.6 Å². The zero-order valence-electron chi connectivity index (χ0n) is 6.53. The van der Waals surface area contributed by atoms with E-state index in [0.717, 1.165) is 6.26 Å². The zero-order chi connectivity index (χ0) is 9.19. The fraction of sp³-hybridized carbons (Fsp3) is 0.500. The maximum atomic E-state index is 10.7. The molecule has 0 aromatic carbocycles. The lowest BCUT2D eigenvalue weighted by Crippen LogP contribution is -2.10. The first kappa shape index (κ1) is 8.78. The molecular formula is C4H8N4O3S. The van der Waals surface area contributed by atoms with Crippen molar-refractivity contribution in [3.8, 4) is 6.01 Å². The average Bonchev–Trinajstić information content (AvgIpc) is 2.32. The van der Waals surface area contributed by atoms with Gasteiger partial charge in [0, 0.05) is 0 Å². The monoisotopic (exact) mass is 192 g/mol. The number of H-pyrrole nitrogens is 1. The number of ether oxygens (including phenoxy) is 1. The molecule has 8 heteroatoms. The van der Waals surface area contributed by atoms with Crippen LogP contribution in [-0.4, -0.2) is 37.0 Å². The van der Waals surface area contributed by atoms with E-state index in [9.17, 15) is 8.42 Å². The topological polar surface area (TPSA) is 97.0 Å². The van der Waals surface area contributed by atoms with Crippen LogP contribution in [0.3, 0.4) is 0 Å². The fourth-order valence-corrected chi connectivity index (χ4v) is 1.00. The van der Waals surface area contributed by atoms with Crippen molar-refractivity contribution in [1.29, 1.82) is 0 Å². The normalized spacial score (nSPS) is 11.2. The van der Waals surface area contributed by atoms with E-state index in [1.54, 1.807) is 0 Å². The molecule has 12 heavy (non-hydrogen) atoms. The Bertz CT molecular complexity index is 356. The first-order chi connectivity index (χ1) is 5.51. The number of hydrogen-bond donors (Lipinski definition) is 2. The van der Waals surface area contributed by atoms with E-state index in [0.29, 0.717) is 0 Å². The summed E-state index contributed by atoms with van der Waals surface area (Å²) in [4.78, 5) is 3.63. The van der Waals surface area contributed by atoms with Gasteiger partial charge in [-0.25, -0.2) is 13.5 Å². The molecule has 0 radical (unpaired) electrons. The molecule has 0 aliphatic carbocycles. The van der Waals surface area contributed by atoms with E-state index in [1.807, 2.05) is 0 Å². The van der Waals surface area contributed by atoms with E-state index >= 15 is 0 Å². The van der Waals surface area contributed by atoms with Gasteiger partial charge < -0.3 is 4.74 Å². The van der Waals surface area contributed by atoms with Crippen LogP contribution in [-0.2, 0) is 10.0 Å². The second-order valence-electron chi connectivity index (χ2n) is 2.04. The standard InChI is InChI=1S/C4H8N4O3S/c1-11-4-5-3(6-7-4)8-12(2,9)10/h1-2H3,(H2,5,6,7,8). The van der Waals surface area contributed by atoms with Gasteiger partial charge in [-0.3, -0.25) is 4.72 Å². The summed E-state index contributed by atoms with van der Waals surface area (Å²) in [5.74, 6) is 0.0364. The molecule has 0 amide bonds. The third-order valence-corrected chi connectivity index (χ3v) is 1.49. The number of aromatic nitrogens is 3. The highest BCUT2D eigenvalue weighted by Crippen LogP contribution is 2.05. The molecule has 0 saturated carbocycles. The summed E-state index contributed by atoms with van der Waals surface area (Å²) in [6.45, 7) is 0. The summed E-state index contributed by atoms with van der Waals surface area (Å²) in [6.07, 6.45) is 1.02. The summed E-state index contributed by atoms with van der Waals surface area (Å²) in [7, 11) is -1.93. The van der Waals surface area contributed by atoms with Crippen molar-refractivity contribution >= 4 is 16.0 Å². The number of anilines is 1. The van der Waals surface area contributed by atoms with Crippen molar-refractivity contribution in [3.05, 3.63) is 0 Å². The number of nitrogens with zero attached hydrogens (tertiary/aromatic N) is 2. The van der Waals surface area contributed by atoms with Gasteiger partial charge in [-0.1, -0.05) is 0 Å². The van der Waals surface area contributed by atoms with Gasteiger partial charge in [-0.15, -0.1) is 5.10 Å². The van der Waals surface area contributed by atoms with Gasteiger partial charge >= 0.3 is 6.01 Å². The molecule has 7 nitrogen and oxygen atoms in total. The number of sulfonamides is 1. The molecule has 1 heterocycles. The number of aromatic amines is 1. The van der Waals surface area contributed by atoms with Gasteiger partial charge in [0.2, 0.25) is 16.0 Å². The minimum absolute atomic E-state index is 0.0364. The fourth-order valence-electron chi connectivity index (χ4n) is 0.559. The molecule has 0 aliphatic rings. The lowest BCUT2D eigenvalue weighted by atomic mass is 11.1. The molecule has 0 fully saturated rings. The summed E-state index contributed by atoms with van der Waals surface area (Å²) < 4.78 is 28.0. The van der Waals surface area contributed by atoms with E-state index in [4.69, 9.17) is 0 Å². The Morgan fingerprint density at radius 1 is 1.58 bits per heavy atom. The number of hydrogen-bond acceptors (Lipinski definition) is 5. The number of nitrogens with one attached hydrogen (secondary N) is 2. The second-order valence-corrected chi connectivity index (χ2v) is 3.79. The third-order valence-electron chi connectivity index (χ3n) is 0.930. The molecular weight excluding hydrogens is 184 g/mol. The minimum Gasteiger partial charge on any atom is -0.466 e. The highest BCUT2D eigenvalue weighted by atomic mass is 32.2. The van der Waals surface area contributed by atoms with Crippen LogP contribution in [0.4, 0.5) is 5.95 Å². The van der Waals surface area contributed by atoms with Crippen LogP contribution in [0, 0.1) is 0 Å². The smallest absolute Gasteiger partial charge is 0.336 e. The van der Waals surface area contributed by atoms with E-state index < -0.39 is 10.0 Å². The molecule has 0 aliphatic heterocycles. The van der Waals surface area contributed by atoms with Crippen molar-refractivity contribution in [3.63, 3.8) is 0 Å². The number of methoxy groups -OCH3 is 1. The predicted molar refractivity (Wildman–Crippen MR) is 41.4 cm³/mol. The molecule has 1 aromatic heterocycles. The molecule has 68 valence electrons. The van der Waals surface area contributed by atoms with Gasteiger partial charge in [-0.05, 0) is 0 Å². The molecule has 0 saturated heterocycles. The van der Waals surface area contributed by atoms with Crippen molar-refractivity contribution < 1.29 is 13.2 Å².